The van der Waals surface area contributed by atoms with Gasteiger partial charge in [-0.25, -0.2) is 0 Å². The number of thioether (sulfide) groups is 1. The molecule has 0 atom stereocenters. The third-order valence-corrected chi connectivity index (χ3v) is 6.81. The maximum atomic E-state index is 12.4. The number of nitrogens with one attached hydrogen (secondary N) is 2. The second kappa shape index (κ2) is 10.6. The van der Waals surface area contributed by atoms with Gasteiger partial charge in [0, 0.05) is 12.7 Å². The lowest BCUT2D eigenvalue weighted by molar-refractivity contribution is -0.131. The summed E-state index contributed by atoms with van der Waals surface area (Å²) in [5, 5.41) is 15.4. The Hall–Kier alpha value is -2.62. The standard InChI is InChI=1S/C21H22ClN5O2S2/c1-13-7-6-10-16(14(13)2)24-20-25-26-21(31-20)30-12-19(29)27(3)11-18(28)23-17-9-5-4-8-15(17)22/h4-10H,11-12H2,1-3H3,(H,23,28)(H,24,25). The molecule has 0 aliphatic carbocycles. The Morgan fingerprint density at radius 3 is 2.61 bits per heavy atom. The van der Waals surface area contributed by atoms with Crippen molar-refractivity contribution in [3.05, 3.63) is 58.6 Å². The van der Waals surface area contributed by atoms with Crippen molar-refractivity contribution in [3.8, 4) is 0 Å². The minimum atomic E-state index is -0.315. The van der Waals surface area contributed by atoms with E-state index in [9.17, 15) is 9.59 Å². The molecule has 0 fully saturated rings. The number of carbonyl (C=O) groups is 2. The summed E-state index contributed by atoms with van der Waals surface area (Å²) < 4.78 is 0.676. The maximum absolute atomic E-state index is 12.4. The molecule has 1 heterocycles. The van der Waals surface area contributed by atoms with E-state index in [1.807, 2.05) is 19.1 Å². The Morgan fingerprint density at radius 2 is 1.84 bits per heavy atom. The summed E-state index contributed by atoms with van der Waals surface area (Å²) in [5.41, 5.74) is 3.84. The number of aryl methyl sites for hydroxylation is 1. The number of hydrogen-bond acceptors (Lipinski definition) is 7. The van der Waals surface area contributed by atoms with Crippen molar-refractivity contribution in [2.75, 3.05) is 30.0 Å². The quantitative estimate of drug-likeness (QED) is 0.457. The van der Waals surface area contributed by atoms with Gasteiger partial charge in [-0.05, 0) is 43.2 Å². The van der Waals surface area contributed by atoms with Crippen LogP contribution in [0.5, 0.6) is 0 Å². The first-order chi connectivity index (χ1) is 14.8. The fourth-order valence-corrected chi connectivity index (χ4v) is 4.50. The summed E-state index contributed by atoms with van der Waals surface area (Å²) >= 11 is 8.71. The van der Waals surface area contributed by atoms with Crippen LogP contribution in [0.3, 0.4) is 0 Å². The van der Waals surface area contributed by atoms with Crippen molar-refractivity contribution in [2.24, 2.45) is 0 Å². The number of nitrogens with zero attached hydrogens (tertiary/aromatic N) is 3. The summed E-state index contributed by atoms with van der Waals surface area (Å²) in [5.74, 6) is -0.336. The van der Waals surface area contributed by atoms with Gasteiger partial charge in [-0.15, -0.1) is 10.2 Å². The summed E-state index contributed by atoms with van der Waals surface area (Å²) in [7, 11) is 1.59. The molecule has 0 bridgehead atoms. The van der Waals surface area contributed by atoms with Crippen LogP contribution < -0.4 is 10.6 Å². The minimum absolute atomic E-state index is 0.0693. The van der Waals surface area contributed by atoms with E-state index in [1.54, 1.807) is 31.3 Å². The summed E-state index contributed by atoms with van der Waals surface area (Å²) in [4.78, 5) is 25.9. The first kappa shape index (κ1) is 23.1. The van der Waals surface area contributed by atoms with Gasteiger partial charge in [-0.1, -0.05) is 59.0 Å². The average molecular weight is 476 g/mol. The number of hydrogen-bond donors (Lipinski definition) is 2. The van der Waals surface area contributed by atoms with Gasteiger partial charge < -0.3 is 15.5 Å². The van der Waals surface area contributed by atoms with E-state index in [0.29, 0.717) is 20.2 Å². The Balaban J connectivity index is 1.48. The molecule has 0 saturated heterocycles. The van der Waals surface area contributed by atoms with Crippen LogP contribution in [0.1, 0.15) is 11.1 Å². The minimum Gasteiger partial charge on any atom is -0.336 e. The van der Waals surface area contributed by atoms with Crippen molar-refractivity contribution in [1.29, 1.82) is 0 Å². The Morgan fingerprint density at radius 1 is 1.10 bits per heavy atom. The van der Waals surface area contributed by atoms with E-state index < -0.39 is 0 Å². The predicted octanol–water partition coefficient (Wildman–Crippen LogP) is 4.74. The maximum Gasteiger partial charge on any atom is 0.244 e. The molecule has 31 heavy (non-hydrogen) atoms. The van der Waals surface area contributed by atoms with Crippen LogP contribution in [0.4, 0.5) is 16.5 Å². The predicted molar refractivity (Wildman–Crippen MR) is 128 cm³/mol. The van der Waals surface area contributed by atoms with Crippen LogP contribution in [0.25, 0.3) is 0 Å². The zero-order valence-corrected chi connectivity index (χ0v) is 19.7. The van der Waals surface area contributed by atoms with Crippen LogP contribution in [-0.2, 0) is 9.59 Å². The number of anilines is 3. The third-order valence-electron chi connectivity index (χ3n) is 4.53. The van der Waals surface area contributed by atoms with Crippen LogP contribution in [0.2, 0.25) is 5.02 Å². The fraction of sp³-hybridized carbons (Fsp3) is 0.238. The number of para-hydroxylation sites is 1. The molecule has 0 aliphatic heterocycles. The summed E-state index contributed by atoms with van der Waals surface area (Å²) in [6.07, 6.45) is 0. The number of carbonyl (C=O) groups excluding carboxylic acids is 2. The highest BCUT2D eigenvalue weighted by molar-refractivity contribution is 8.01. The normalized spacial score (nSPS) is 10.6. The number of aromatic nitrogens is 2. The van der Waals surface area contributed by atoms with Crippen molar-refractivity contribution in [2.45, 2.75) is 18.2 Å². The van der Waals surface area contributed by atoms with E-state index in [-0.39, 0.29) is 24.1 Å². The van der Waals surface area contributed by atoms with Crippen LogP contribution in [-0.4, -0.2) is 46.3 Å². The molecule has 2 aromatic carbocycles. The van der Waals surface area contributed by atoms with E-state index in [1.165, 1.54) is 33.6 Å². The van der Waals surface area contributed by atoms with Gasteiger partial charge in [0.15, 0.2) is 4.34 Å². The highest BCUT2D eigenvalue weighted by atomic mass is 35.5. The molecular weight excluding hydrogens is 454 g/mol. The molecule has 7 nitrogen and oxygen atoms in total. The van der Waals surface area contributed by atoms with Gasteiger partial charge in [0.2, 0.25) is 16.9 Å². The van der Waals surface area contributed by atoms with E-state index >= 15 is 0 Å². The molecule has 3 aromatic rings. The number of amides is 2. The SMILES string of the molecule is Cc1cccc(Nc2nnc(SCC(=O)N(C)CC(=O)Nc3ccccc3Cl)s2)c1C. The molecule has 0 aliphatic rings. The molecule has 0 spiro atoms. The van der Waals surface area contributed by atoms with Gasteiger partial charge in [0.1, 0.15) is 0 Å². The first-order valence-corrected chi connectivity index (χ1v) is 11.6. The Labute approximate surface area is 194 Å². The smallest absolute Gasteiger partial charge is 0.244 e. The number of benzene rings is 2. The van der Waals surface area contributed by atoms with Gasteiger partial charge in [0.05, 0.1) is 23.0 Å². The van der Waals surface area contributed by atoms with Crippen molar-refractivity contribution >= 4 is 63.0 Å². The molecular formula is C21H22ClN5O2S2. The molecule has 3 rings (SSSR count). The molecule has 0 radical (unpaired) electrons. The lowest BCUT2D eigenvalue weighted by atomic mass is 10.1. The molecule has 0 saturated carbocycles. The van der Waals surface area contributed by atoms with Crippen molar-refractivity contribution in [3.63, 3.8) is 0 Å². The van der Waals surface area contributed by atoms with Crippen LogP contribution in [0.15, 0.2) is 46.8 Å². The van der Waals surface area contributed by atoms with E-state index in [2.05, 4.69) is 33.8 Å². The first-order valence-electron chi connectivity index (χ1n) is 9.41. The summed E-state index contributed by atoms with van der Waals surface area (Å²) in [6.45, 7) is 4.03. The fourth-order valence-electron chi connectivity index (χ4n) is 2.61. The zero-order valence-electron chi connectivity index (χ0n) is 17.3. The molecule has 0 unspecified atom stereocenters. The zero-order chi connectivity index (χ0) is 22.4. The lowest BCUT2D eigenvalue weighted by Gasteiger charge is -2.16. The van der Waals surface area contributed by atoms with Crippen molar-refractivity contribution < 1.29 is 9.59 Å². The molecule has 2 amide bonds. The second-order valence-electron chi connectivity index (χ2n) is 6.81. The van der Waals surface area contributed by atoms with Gasteiger partial charge in [0.25, 0.3) is 0 Å². The van der Waals surface area contributed by atoms with Gasteiger partial charge in [-0.2, -0.15) is 0 Å². The third kappa shape index (κ3) is 6.43. The summed E-state index contributed by atoms with van der Waals surface area (Å²) in [6, 6.07) is 13.0. The van der Waals surface area contributed by atoms with E-state index in [0.717, 1.165) is 11.3 Å². The monoisotopic (exact) mass is 475 g/mol. The Bertz CT molecular complexity index is 1090. The topological polar surface area (TPSA) is 87.2 Å². The van der Waals surface area contributed by atoms with Gasteiger partial charge >= 0.3 is 0 Å². The average Bonchev–Trinajstić information content (AvgIpc) is 3.18. The molecule has 10 heteroatoms. The molecule has 162 valence electrons. The second-order valence-corrected chi connectivity index (χ2v) is 9.42. The number of halogens is 1. The molecule has 1 aromatic heterocycles. The van der Waals surface area contributed by atoms with Crippen molar-refractivity contribution in [1.82, 2.24) is 15.1 Å². The highest BCUT2D eigenvalue weighted by Crippen LogP contribution is 2.29. The Kier molecular flexibility index (Phi) is 7.89. The van der Waals surface area contributed by atoms with Crippen LogP contribution >= 0.6 is 34.7 Å². The highest BCUT2D eigenvalue weighted by Gasteiger charge is 2.16. The largest absolute Gasteiger partial charge is 0.336 e. The van der Waals surface area contributed by atoms with Gasteiger partial charge in [-0.3, -0.25) is 9.59 Å². The number of rotatable bonds is 8. The number of likely N-dealkylation sites (N-methyl/N-ethyl adjacent to an activating group) is 1. The lowest BCUT2D eigenvalue weighted by Crippen LogP contribution is -2.36. The van der Waals surface area contributed by atoms with E-state index in [4.69, 9.17) is 11.6 Å². The van der Waals surface area contributed by atoms with Crippen LogP contribution in [0, 0.1) is 13.8 Å². The molecule has 2 N–H and O–H groups in total.